The molecular weight excluding hydrogens is 681 g/mol. The molecule has 0 amide bonds. The van der Waals surface area contributed by atoms with Crippen molar-refractivity contribution in [2.24, 2.45) is 0 Å². The molecule has 0 saturated carbocycles. The molecule has 0 aromatic heterocycles. The van der Waals surface area contributed by atoms with E-state index in [0.717, 1.165) is 38.5 Å². The quantitative estimate of drug-likeness (QED) is 0.0455. The first-order valence-corrected chi connectivity index (χ1v) is 25.1. The van der Waals surface area contributed by atoms with E-state index in [1.54, 1.807) is 0 Å². The van der Waals surface area contributed by atoms with Crippen molar-refractivity contribution in [3.63, 3.8) is 0 Å². The molecule has 0 saturated heterocycles. The minimum absolute atomic E-state index is 0.157. The summed E-state index contributed by atoms with van der Waals surface area (Å²) in [5, 5.41) is 0. The number of unbranched alkanes of at least 4 members (excludes halogenated alkanes) is 36. The van der Waals surface area contributed by atoms with E-state index in [4.69, 9.17) is 14.2 Å². The molecule has 0 aliphatic carbocycles. The largest absolute Gasteiger partial charge is 0.463 e. The molecule has 0 fully saturated rings. The maximum absolute atomic E-state index is 12.6. The molecule has 0 radical (unpaired) electrons. The smallest absolute Gasteiger partial charge is 0.305 e. The molecule has 1 atom stereocenters. The number of carbonyl (C=O) groups excluding carboxylic acids is 2. The number of esters is 2. The van der Waals surface area contributed by atoms with Gasteiger partial charge in [-0.2, -0.15) is 0 Å². The van der Waals surface area contributed by atoms with Gasteiger partial charge in [0.1, 0.15) is 19.3 Å². The second kappa shape index (κ2) is 47.3. The van der Waals surface area contributed by atoms with Crippen molar-refractivity contribution in [2.45, 2.75) is 290 Å². The van der Waals surface area contributed by atoms with Gasteiger partial charge in [0.05, 0.1) is 0 Å². The van der Waals surface area contributed by atoms with Gasteiger partial charge in [-0.3, -0.25) is 9.59 Å². The van der Waals surface area contributed by atoms with Crippen molar-refractivity contribution in [1.29, 1.82) is 0 Å². The Morgan fingerprint density at radius 3 is 0.782 bits per heavy atom. The minimum atomic E-state index is -0.385. The highest BCUT2D eigenvalue weighted by molar-refractivity contribution is 5.69. The van der Waals surface area contributed by atoms with Crippen LogP contribution in [0.25, 0.3) is 0 Å². The zero-order chi connectivity index (χ0) is 40.0. The molecular formula is C50H98O5. The number of hydrogen-bond acceptors (Lipinski definition) is 5. The molecule has 0 aliphatic heterocycles. The zero-order valence-electron chi connectivity index (χ0n) is 37.7. The van der Waals surface area contributed by atoms with Gasteiger partial charge in [-0.25, -0.2) is 0 Å². The van der Waals surface area contributed by atoms with Crippen molar-refractivity contribution in [3.8, 4) is 0 Å². The summed E-state index contributed by atoms with van der Waals surface area (Å²) in [4.78, 5) is 25.0. The summed E-state index contributed by atoms with van der Waals surface area (Å²) >= 11 is 0. The van der Waals surface area contributed by atoms with Crippen LogP contribution in [0.1, 0.15) is 284 Å². The molecule has 0 aliphatic rings. The second-order valence-electron chi connectivity index (χ2n) is 17.1. The van der Waals surface area contributed by atoms with Crippen molar-refractivity contribution >= 4 is 11.9 Å². The van der Waals surface area contributed by atoms with Gasteiger partial charge in [0, 0.05) is 19.4 Å². The predicted molar refractivity (Wildman–Crippen MR) is 238 cm³/mol. The van der Waals surface area contributed by atoms with Crippen molar-refractivity contribution in [2.75, 3.05) is 19.8 Å². The van der Waals surface area contributed by atoms with Gasteiger partial charge in [-0.1, -0.05) is 252 Å². The van der Waals surface area contributed by atoms with Crippen LogP contribution in [0.15, 0.2) is 0 Å². The lowest BCUT2D eigenvalue weighted by Crippen LogP contribution is -2.29. The van der Waals surface area contributed by atoms with Gasteiger partial charge in [-0.05, 0) is 19.3 Å². The molecule has 0 N–H and O–H groups in total. The van der Waals surface area contributed by atoms with Crippen molar-refractivity contribution < 1.29 is 23.8 Å². The van der Waals surface area contributed by atoms with Crippen LogP contribution in [0.5, 0.6) is 0 Å². The summed E-state index contributed by atoms with van der Waals surface area (Å²) in [5.74, 6) is -0.320. The highest BCUT2D eigenvalue weighted by Crippen LogP contribution is 2.16. The molecule has 0 heterocycles. The van der Waals surface area contributed by atoms with Gasteiger partial charge < -0.3 is 14.2 Å². The van der Waals surface area contributed by atoms with E-state index in [1.807, 2.05) is 0 Å². The zero-order valence-corrected chi connectivity index (χ0v) is 37.7. The van der Waals surface area contributed by atoms with Crippen molar-refractivity contribution in [3.05, 3.63) is 0 Å². The number of ether oxygens (including phenoxy) is 3. The Bertz CT molecular complexity index is 754. The Hall–Kier alpha value is -1.10. The molecule has 0 bridgehead atoms. The molecule has 0 spiro atoms. The van der Waals surface area contributed by atoms with Crippen molar-refractivity contribution in [1.82, 2.24) is 0 Å². The second-order valence-corrected chi connectivity index (χ2v) is 17.1. The lowest BCUT2D eigenvalue weighted by atomic mass is 10.0. The lowest BCUT2D eigenvalue weighted by molar-refractivity contribution is -0.155. The molecule has 0 aromatic rings. The summed E-state index contributed by atoms with van der Waals surface area (Å²) < 4.78 is 17.3. The lowest BCUT2D eigenvalue weighted by Gasteiger charge is -2.18. The standard InChI is InChI=1S/C50H98O5/c1-4-7-10-13-16-18-20-22-23-24-25-26-27-28-30-32-35-38-41-44-50(52)55-47-48(46-54-49(51)43-40-37-34-15-12-9-6-3)53-45-42-39-36-33-31-29-21-19-17-14-11-8-5-2/h48H,4-47H2,1-3H3. The summed E-state index contributed by atoms with van der Waals surface area (Å²) in [7, 11) is 0. The third-order valence-corrected chi connectivity index (χ3v) is 11.4. The van der Waals surface area contributed by atoms with Gasteiger partial charge in [0.15, 0.2) is 0 Å². The van der Waals surface area contributed by atoms with Crippen LogP contribution in [0.3, 0.4) is 0 Å². The van der Waals surface area contributed by atoms with E-state index in [1.165, 1.54) is 212 Å². The Balaban J connectivity index is 4.03. The molecule has 1 unspecified atom stereocenters. The Kier molecular flexibility index (Phi) is 46.3. The molecule has 55 heavy (non-hydrogen) atoms. The molecule has 0 rings (SSSR count). The van der Waals surface area contributed by atoms with E-state index in [0.29, 0.717) is 19.4 Å². The first kappa shape index (κ1) is 53.9. The van der Waals surface area contributed by atoms with Crippen LogP contribution in [0.4, 0.5) is 0 Å². The van der Waals surface area contributed by atoms with E-state index >= 15 is 0 Å². The summed E-state index contributed by atoms with van der Waals surface area (Å²) in [6.07, 6.45) is 51.4. The molecule has 5 heteroatoms. The summed E-state index contributed by atoms with van der Waals surface area (Å²) in [5.41, 5.74) is 0. The monoisotopic (exact) mass is 779 g/mol. The summed E-state index contributed by atoms with van der Waals surface area (Å²) in [6, 6.07) is 0. The highest BCUT2D eigenvalue weighted by Gasteiger charge is 2.16. The van der Waals surface area contributed by atoms with Gasteiger partial charge in [0.25, 0.3) is 0 Å². The predicted octanol–water partition coefficient (Wildman–Crippen LogP) is 16.5. The summed E-state index contributed by atoms with van der Waals surface area (Å²) in [6.45, 7) is 7.76. The molecule has 0 aromatic carbocycles. The maximum Gasteiger partial charge on any atom is 0.305 e. The van der Waals surface area contributed by atoms with E-state index in [-0.39, 0.29) is 31.3 Å². The van der Waals surface area contributed by atoms with Crippen LogP contribution >= 0.6 is 0 Å². The van der Waals surface area contributed by atoms with Crippen LogP contribution in [0, 0.1) is 0 Å². The maximum atomic E-state index is 12.6. The van der Waals surface area contributed by atoms with Crippen LogP contribution < -0.4 is 0 Å². The highest BCUT2D eigenvalue weighted by atomic mass is 16.6. The third-order valence-electron chi connectivity index (χ3n) is 11.4. The average Bonchev–Trinajstić information content (AvgIpc) is 3.19. The topological polar surface area (TPSA) is 61.8 Å². The molecule has 328 valence electrons. The van der Waals surface area contributed by atoms with E-state index in [2.05, 4.69) is 20.8 Å². The minimum Gasteiger partial charge on any atom is -0.463 e. The fraction of sp³-hybridized carbons (Fsp3) is 0.960. The first-order valence-electron chi connectivity index (χ1n) is 25.1. The fourth-order valence-electron chi connectivity index (χ4n) is 7.60. The van der Waals surface area contributed by atoms with Crippen LogP contribution in [0.2, 0.25) is 0 Å². The van der Waals surface area contributed by atoms with Crippen LogP contribution in [-0.2, 0) is 23.8 Å². The van der Waals surface area contributed by atoms with Gasteiger partial charge in [-0.15, -0.1) is 0 Å². The number of carbonyl (C=O) groups is 2. The number of rotatable bonds is 47. The van der Waals surface area contributed by atoms with E-state index < -0.39 is 0 Å². The van der Waals surface area contributed by atoms with Crippen LogP contribution in [-0.4, -0.2) is 37.9 Å². The Morgan fingerprint density at radius 1 is 0.309 bits per heavy atom. The Morgan fingerprint density at radius 2 is 0.527 bits per heavy atom. The third kappa shape index (κ3) is 45.5. The van der Waals surface area contributed by atoms with Gasteiger partial charge in [0.2, 0.25) is 0 Å². The van der Waals surface area contributed by atoms with Gasteiger partial charge >= 0.3 is 11.9 Å². The Labute approximate surface area is 344 Å². The average molecular weight is 779 g/mol. The first-order chi connectivity index (χ1) is 27.1. The molecule has 5 nitrogen and oxygen atoms in total. The normalized spacial score (nSPS) is 12.0. The fourth-order valence-corrected chi connectivity index (χ4v) is 7.60. The SMILES string of the molecule is CCCCCCCCCCCCCCCCCCCCCC(=O)OCC(COC(=O)CCCCCCCCC)OCCCCCCCCCCCCCCC. The van der Waals surface area contributed by atoms with E-state index in [9.17, 15) is 9.59 Å². The number of hydrogen-bond donors (Lipinski definition) is 0.